The van der Waals surface area contributed by atoms with Crippen molar-refractivity contribution >= 4 is 17.3 Å². The van der Waals surface area contributed by atoms with E-state index in [1.807, 2.05) is 0 Å². The molecule has 0 aliphatic heterocycles. The molecule has 2 aromatic carbocycles. The molecule has 0 saturated carbocycles. The summed E-state index contributed by atoms with van der Waals surface area (Å²) in [6.07, 6.45) is 21.4. The monoisotopic (exact) mass is 491 g/mol. The van der Waals surface area contributed by atoms with E-state index in [0.29, 0.717) is 22.4 Å². The highest BCUT2D eigenvalue weighted by molar-refractivity contribution is 6.31. The molecule has 0 aromatic heterocycles. The zero-order valence-corrected chi connectivity index (χ0v) is 22.2. The van der Waals surface area contributed by atoms with E-state index in [2.05, 4.69) is 12.2 Å². The van der Waals surface area contributed by atoms with Crippen molar-refractivity contribution in [3.8, 4) is 5.75 Å². The average molecular weight is 492 g/mol. The molecular weight excluding hydrogens is 446 g/mol. The van der Waals surface area contributed by atoms with Crippen LogP contribution in [0.1, 0.15) is 141 Å². The molecule has 0 radical (unpaired) electrons. The lowest BCUT2D eigenvalue weighted by molar-refractivity contribution is 0.0977. The van der Waals surface area contributed by atoms with Crippen LogP contribution in [0.5, 0.6) is 5.75 Å². The fourth-order valence-electron chi connectivity index (χ4n) is 5.25. The van der Waals surface area contributed by atoms with Gasteiger partial charge in [0, 0.05) is 23.4 Å². The van der Waals surface area contributed by atoms with Gasteiger partial charge in [-0.25, -0.2) is 0 Å². The lowest BCUT2D eigenvalue weighted by atomic mass is 9.82. The number of rotatable bonds is 18. The van der Waals surface area contributed by atoms with Crippen LogP contribution in [0, 0.1) is 0 Å². The summed E-state index contributed by atoms with van der Waals surface area (Å²) in [5.41, 5.74) is 1.83. The molecule has 196 valence electrons. The van der Waals surface area contributed by atoms with Gasteiger partial charge >= 0.3 is 0 Å². The van der Waals surface area contributed by atoms with E-state index in [1.165, 1.54) is 96.0 Å². The van der Waals surface area contributed by atoms with Crippen LogP contribution in [0.25, 0.3) is 0 Å². The number of ketones is 2. The van der Waals surface area contributed by atoms with E-state index in [-0.39, 0.29) is 22.9 Å². The summed E-state index contributed by atoms with van der Waals surface area (Å²) < 4.78 is 0. The summed E-state index contributed by atoms with van der Waals surface area (Å²) in [5, 5.41) is 13.7. The largest absolute Gasteiger partial charge is 0.507 e. The highest BCUT2D eigenvalue weighted by Gasteiger charge is 2.33. The number of unbranched alkanes of at least 4 members (excludes halogenated alkanes) is 15. The van der Waals surface area contributed by atoms with Gasteiger partial charge in [-0.2, -0.15) is 0 Å². The van der Waals surface area contributed by atoms with E-state index in [9.17, 15) is 14.7 Å². The number of anilines is 1. The highest BCUT2D eigenvalue weighted by atomic mass is 16.3. The van der Waals surface area contributed by atoms with E-state index in [1.54, 1.807) is 30.3 Å². The third-order valence-electron chi connectivity index (χ3n) is 7.40. The number of fused-ring (bicyclic) bond motifs is 2. The molecule has 0 unspecified atom stereocenters. The van der Waals surface area contributed by atoms with Crippen LogP contribution in [-0.4, -0.2) is 23.2 Å². The zero-order valence-electron chi connectivity index (χ0n) is 22.2. The van der Waals surface area contributed by atoms with Gasteiger partial charge in [-0.3, -0.25) is 9.59 Å². The first-order valence-corrected chi connectivity index (χ1v) is 14.4. The first-order chi connectivity index (χ1) is 17.6. The second-order valence-corrected chi connectivity index (χ2v) is 10.3. The molecule has 1 aliphatic carbocycles. The molecule has 1 aliphatic rings. The van der Waals surface area contributed by atoms with E-state index >= 15 is 0 Å². The van der Waals surface area contributed by atoms with Gasteiger partial charge in [0.25, 0.3) is 0 Å². The van der Waals surface area contributed by atoms with Crippen molar-refractivity contribution in [3.63, 3.8) is 0 Å². The molecular formula is C32H45NO3. The second-order valence-electron chi connectivity index (χ2n) is 10.3. The molecule has 4 nitrogen and oxygen atoms in total. The maximum Gasteiger partial charge on any atom is 0.198 e. The van der Waals surface area contributed by atoms with Crippen molar-refractivity contribution in [1.82, 2.24) is 0 Å². The number of carbonyl (C=O) groups is 2. The molecule has 0 spiro atoms. The Hall–Kier alpha value is -2.62. The SMILES string of the molecule is CCCCCCCCCCCCCCCCCCNc1ccc(O)c2c1C(=O)c1ccccc1C2=O. The second kappa shape index (κ2) is 15.5. The molecule has 0 bridgehead atoms. The first kappa shape index (κ1) is 28.0. The van der Waals surface area contributed by atoms with Crippen LogP contribution in [0.15, 0.2) is 36.4 Å². The highest BCUT2D eigenvalue weighted by Crippen LogP contribution is 2.37. The Kier molecular flexibility index (Phi) is 12.0. The van der Waals surface area contributed by atoms with Crippen molar-refractivity contribution in [3.05, 3.63) is 58.7 Å². The minimum atomic E-state index is -0.288. The number of phenolic OH excluding ortho intramolecular Hbond substituents is 1. The van der Waals surface area contributed by atoms with Gasteiger partial charge in [0.2, 0.25) is 0 Å². The molecule has 2 aromatic rings. The van der Waals surface area contributed by atoms with Crippen LogP contribution >= 0.6 is 0 Å². The summed E-state index contributed by atoms with van der Waals surface area (Å²) in [4.78, 5) is 26.0. The number of carbonyl (C=O) groups excluding carboxylic acids is 2. The Morgan fingerprint density at radius 3 is 1.53 bits per heavy atom. The molecule has 4 heteroatoms. The van der Waals surface area contributed by atoms with Crippen molar-refractivity contribution in [1.29, 1.82) is 0 Å². The van der Waals surface area contributed by atoms with Crippen molar-refractivity contribution in [2.45, 2.75) is 110 Å². The normalized spacial score (nSPS) is 12.5. The minimum Gasteiger partial charge on any atom is -0.507 e. The predicted molar refractivity (Wildman–Crippen MR) is 149 cm³/mol. The average Bonchev–Trinajstić information content (AvgIpc) is 2.89. The van der Waals surface area contributed by atoms with Crippen molar-refractivity contribution in [2.24, 2.45) is 0 Å². The smallest absolute Gasteiger partial charge is 0.198 e. The Bertz CT molecular complexity index is 981. The zero-order chi connectivity index (χ0) is 25.6. The van der Waals surface area contributed by atoms with Crippen LogP contribution in [0.2, 0.25) is 0 Å². The predicted octanol–water partition coefficient (Wildman–Crippen LogP) is 8.84. The van der Waals surface area contributed by atoms with E-state index in [4.69, 9.17) is 0 Å². The number of aromatic hydroxyl groups is 1. The van der Waals surface area contributed by atoms with E-state index < -0.39 is 0 Å². The van der Waals surface area contributed by atoms with Gasteiger partial charge in [0.15, 0.2) is 11.6 Å². The summed E-state index contributed by atoms with van der Waals surface area (Å²) >= 11 is 0. The lowest BCUT2D eigenvalue weighted by Crippen LogP contribution is -2.22. The Morgan fingerprint density at radius 2 is 1.03 bits per heavy atom. The maximum absolute atomic E-state index is 13.1. The van der Waals surface area contributed by atoms with Gasteiger partial charge < -0.3 is 10.4 Å². The number of hydrogen-bond donors (Lipinski definition) is 2. The third kappa shape index (κ3) is 7.94. The molecule has 0 saturated heterocycles. The number of hydrogen-bond acceptors (Lipinski definition) is 4. The summed E-state index contributed by atoms with van der Waals surface area (Å²) in [5.74, 6) is -0.625. The topological polar surface area (TPSA) is 66.4 Å². The van der Waals surface area contributed by atoms with E-state index in [0.717, 1.165) is 19.4 Å². The minimum absolute atomic E-state index is 0.121. The van der Waals surface area contributed by atoms with Gasteiger partial charge in [0.1, 0.15) is 5.75 Å². The molecule has 36 heavy (non-hydrogen) atoms. The summed E-state index contributed by atoms with van der Waals surface area (Å²) in [6.45, 7) is 3.02. The van der Waals surface area contributed by atoms with Gasteiger partial charge in [0.05, 0.1) is 11.1 Å². The Labute approximate surface area is 217 Å². The van der Waals surface area contributed by atoms with Crippen molar-refractivity contribution in [2.75, 3.05) is 11.9 Å². The van der Waals surface area contributed by atoms with Gasteiger partial charge in [-0.05, 0) is 18.6 Å². The Morgan fingerprint density at radius 1 is 0.583 bits per heavy atom. The molecule has 0 atom stereocenters. The lowest BCUT2D eigenvalue weighted by Gasteiger charge is -2.21. The molecule has 2 N–H and O–H groups in total. The fraction of sp³-hybridized carbons (Fsp3) is 0.562. The maximum atomic E-state index is 13.1. The molecule has 0 amide bonds. The first-order valence-electron chi connectivity index (χ1n) is 14.4. The Balaban J connectivity index is 1.27. The van der Waals surface area contributed by atoms with Gasteiger partial charge in [-0.15, -0.1) is 0 Å². The van der Waals surface area contributed by atoms with Crippen LogP contribution in [0.3, 0.4) is 0 Å². The standard InChI is InChI=1S/C32H45NO3/c1-2-3-4-5-6-7-8-9-10-11-12-13-14-15-16-19-24-33-27-22-23-28(34)30-29(27)31(35)25-20-17-18-21-26(25)32(30)36/h17-18,20-23,33-34H,2-16,19,24H2,1H3. The number of nitrogens with one attached hydrogen (secondary N) is 1. The fourth-order valence-corrected chi connectivity index (χ4v) is 5.25. The quantitative estimate of drug-likeness (QED) is 0.138. The third-order valence-corrected chi connectivity index (χ3v) is 7.40. The summed E-state index contributed by atoms with van der Waals surface area (Å²) in [7, 11) is 0. The molecule has 0 fully saturated rings. The summed E-state index contributed by atoms with van der Waals surface area (Å²) in [6, 6.07) is 10.1. The van der Waals surface area contributed by atoms with Crippen molar-refractivity contribution < 1.29 is 14.7 Å². The molecule has 0 heterocycles. The van der Waals surface area contributed by atoms with Gasteiger partial charge in [-0.1, -0.05) is 128 Å². The number of benzene rings is 2. The van der Waals surface area contributed by atoms with Crippen LogP contribution < -0.4 is 5.32 Å². The molecule has 3 rings (SSSR count). The number of phenols is 1. The van der Waals surface area contributed by atoms with Crippen LogP contribution in [0.4, 0.5) is 5.69 Å². The van der Waals surface area contributed by atoms with Crippen LogP contribution in [-0.2, 0) is 0 Å².